The van der Waals surface area contributed by atoms with Crippen LogP contribution in [-0.2, 0) is 0 Å². The number of likely N-dealkylation sites (N-methyl/N-ethyl adjacent to an activating group) is 1. The van der Waals surface area contributed by atoms with Crippen molar-refractivity contribution in [2.75, 3.05) is 19.6 Å². The highest BCUT2D eigenvalue weighted by Gasteiger charge is 2.28. The van der Waals surface area contributed by atoms with Gasteiger partial charge in [-0.1, -0.05) is 6.92 Å². The average molecular weight is 158 g/mol. The quantitative estimate of drug-likeness (QED) is 0.582. The van der Waals surface area contributed by atoms with Crippen LogP contribution in [0.4, 0.5) is 0 Å². The first-order valence-electron chi connectivity index (χ1n) is 4.40. The van der Waals surface area contributed by atoms with Crippen LogP contribution in [0.3, 0.4) is 0 Å². The largest absolute Gasteiger partial charge is 0.390 e. The molecule has 0 bridgehead atoms. The molecule has 66 valence electrons. The Labute approximate surface area is 68.2 Å². The van der Waals surface area contributed by atoms with Crippen molar-refractivity contribution in [1.82, 2.24) is 4.90 Å². The van der Waals surface area contributed by atoms with E-state index in [1.807, 2.05) is 0 Å². The van der Waals surface area contributed by atoms with Crippen LogP contribution in [0, 0.1) is 0 Å². The summed E-state index contributed by atoms with van der Waals surface area (Å²) in [6.07, 6.45) is 2.26. The van der Waals surface area contributed by atoms with Gasteiger partial charge in [-0.3, -0.25) is 4.90 Å². The molecule has 0 radical (unpaired) electrons. The van der Waals surface area contributed by atoms with Gasteiger partial charge in [-0.25, -0.2) is 0 Å². The van der Waals surface area contributed by atoms with E-state index in [1.54, 1.807) is 0 Å². The van der Waals surface area contributed by atoms with E-state index in [4.69, 9.17) is 5.73 Å². The molecule has 1 rings (SSSR count). The topological polar surface area (TPSA) is 49.5 Å². The molecule has 1 aliphatic carbocycles. The zero-order valence-corrected chi connectivity index (χ0v) is 7.16. The predicted molar refractivity (Wildman–Crippen MR) is 45.3 cm³/mol. The van der Waals surface area contributed by atoms with Gasteiger partial charge in [0, 0.05) is 19.1 Å². The number of hydrogen-bond acceptors (Lipinski definition) is 3. The Kier molecular flexibility index (Phi) is 3.30. The van der Waals surface area contributed by atoms with Crippen molar-refractivity contribution >= 4 is 0 Å². The predicted octanol–water partition coefficient (Wildman–Crippen LogP) is -0.210. The summed E-state index contributed by atoms with van der Waals surface area (Å²) in [6, 6.07) is 0.737. The molecule has 0 saturated heterocycles. The van der Waals surface area contributed by atoms with Gasteiger partial charge in [-0.15, -0.1) is 0 Å². The van der Waals surface area contributed by atoms with E-state index in [0.717, 1.165) is 19.1 Å². The molecule has 0 aliphatic heterocycles. The molecule has 0 spiro atoms. The normalized spacial score (nSPS) is 20.7. The van der Waals surface area contributed by atoms with Gasteiger partial charge in [-0.05, 0) is 19.4 Å². The van der Waals surface area contributed by atoms with Crippen LogP contribution in [-0.4, -0.2) is 41.8 Å². The zero-order chi connectivity index (χ0) is 8.27. The molecule has 11 heavy (non-hydrogen) atoms. The molecule has 3 N–H and O–H groups in total. The van der Waals surface area contributed by atoms with Crippen molar-refractivity contribution in [2.45, 2.75) is 31.9 Å². The van der Waals surface area contributed by atoms with Crippen molar-refractivity contribution in [1.29, 1.82) is 0 Å². The smallest absolute Gasteiger partial charge is 0.0789 e. The Morgan fingerprint density at radius 3 is 2.64 bits per heavy atom. The second-order valence-corrected chi connectivity index (χ2v) is 3.21. The maximum Gasteiger partial charge on any atom is 0.0789 e. The van der Waals surface area contributed by atoms with Crippen LogP contribution in [0.15, 0.2) is 0 Å². The van der Waals surface area contributed by atoms with Gasteiger partial charge < -0.3 is 10.8 Å². The standard InChI is InChI=1S/C8H18N2O/c1-2-10(7-3-4-7)6-8(11)5-9/h7-8,11H,2-6,9H2,1H3. The second-order valence-electron chi connectivity index (χ2n) is 3.21. The summed E-state index contributed by atoms with van der Waals surface area (Å²) < 4.78 is 0. The molecule has 3 nitrogen and oxygen atoms in total. The molecule has 0 amide bonds. The maximum atomic E-state index is 9.27. The first-order chi connectivity index (χ1) is 5.27. The highest BCUT2D eigenvalue weighted by atomic mass is 16.3. The minimum Gasteiger partial charge on any atom is -0.390 e. The highest BCUT2D eigenvalue weighted by Crippen LogP contribution is 2.26. The van der Waals surface area contributed by atoms with Crippen LogP contribution in [0.2, 0.25) is 0 Å². The second kappa shape index (κ2) is 4.04. The first-order valence-corrected chi connectivity index (χ1v) is 4.40. The summed E-state index contributed by atoms with van der Waals surface area (Å²) in [5.74, 6) is 0. The summed E-state index contributed by atoms with van der Waals surface area (Å²) in [6.45, 7) is 4.28. The number of aliphatic hydroxyl groups excluding tert-OH is 1. The van der Waals surface area contributed by atoms with Crippen molar-refractivity contribution < 1.29 is 5.11 Å². The molecule has 1 unspecified atom stereocenters. The third kappa shape index (κ3) is 2.77. The molecule has 1 saturated carbocycles. The van der Waals surface area contributed by atoms with Crippen molar-refractivity contribution in [3.63, 3.8) is 0 Å². The van der Waals surface area contributed by atoms with Gasteiger partial charge in [0.1, 0.15) is 0 Å². The Hall–Kier alpha value is -0.120. The lowest BCUT2D eigenvalue weighted by Gasteiger charge is -2.22. The van der Waals surface area contributed by atoms with Gasteiger partial charge in [0.2, 0.25) is 0 Å². The molecular formula is C8H18N2O. The fraction of sp³-hybridized carbons (Fsp3) is 1.00. The summed E-state index contributed by atoms with van der Waals surface area (Å²) in [5, 5.41) is 9.27. The van der Waals surface area contributed by atoms with Crippen LogP contribution >= 0.6 is 0 Å². The maximum absolute atomic E-state index is 9.27. The minimum atomic E-state index is -0.337. The molecular weight excluding hydrogens is 140 g/mol. The lowest BCUT2D eigenvalue weighted by atomic mass is 10.3. The SMILES string of the molecule is CCN(CC(O)CN)C1CC1. The molecule has 1 fully saturated rings. The van der Waals surface area contributed by atoms with Crippen molar-refractivity contribution in [3.05, 3.63) is 0 Å². The van der Waals surface area contributed by atoms with E-state index in [9.17, 15) is 5.11 Å². The molecule has 0 heterocycles. The van der Waals surface area contributed by atoms with Gasteiger partial charge in [0.15, 0.2) is 0 Å². The summed E-state index contributed by atoms with van der Waals surface area (Å²) in [7, 11) is 0. The van der Waals surface area contributed by atoms with Gasteiger partial charge >= 0.3 is 0 Å². The third-order valence-electron chi connectivity index (χ3n) is 2.19. The molecule has 0 aromatic rings. The Morgan fingerprint density at radius 2 is 2.27 bits per heavy atom. The Bertz CT molecular complexity index is 115. The molecule has 1 aliphatic rings. The number of hydrogen-bond donors (Lipinski definition) is 2. The molecule has 3 heteroatoms. The lowest BCUT2D eigenvalue weighted by Crippen LogP contribution is -2.37. The number of aliphatic hydroxyl groups is 1. The zero-order valence-electron chi connectivity index (χ0n) is 7.16. The van der Waals surface area contributed by atoms with Crippen molar-refractivity contribution in [2.24, 2.45) is 5.73 Å². The van der Waals surface area contributed by atoms with Gasteiger partial charge in [0.25, 0.3) is 0 Å². The average Bonchev–Trinajstić information content (AvgIpc) is 2.82. The summed E-state index contributed by atoms with van der Waals surface area (Å²) in [4.78, 5) is 2.30. The Balaban J connectivity index is 2.19. The minimum absolute atomic E-state index is 0.337. The summed E-state index contributed by atoms with van der Waals surface area (Å²) >= 11 is 0. The highest BCUT2D eigenvalue weighted by molar-refractivity contribution is 4.84. The monoisotopic (exact) mass is 158 g/mol. The Morgan fingerprint density at radius 1 is 1.64 bits per heavy atom. The first kappa shape index (κ1) is 8.97. The third-order valence-corrected chi connectivity index (χ3v) is 2.19. The van der Waals surface area contributed by atoms with E-state index >= 15 is 0 Å². The number of nitrogens with zero attached hydrogens (tertiary/aromatic N) is 1. The van der Waals surface area contributed by atoms with Gasteiger partial charge in [-0.2, -0.15) is 0 Å². The van der Waals surface area contributed by atoms with Crippen LogP contribution in [0.1, 0.15) is 19.8 Å². The number of rotatable bonds is 5. The van der Waals surface area contributed by atoms with Crippen molar-refractivity contribution in [3.8, 4) is 0 Å². The van der Waals surface area contributed by atoms with E-state index in [1.165, 1.54) is 12.8 Å². The van der Waals surface area contributed by atoms with Crippen LogP contribution < -0.4 is 5.73 Å². The van der Waals surface area contributed by atoms with E-state index in [-0.39, 0.29) is 6.10 Å². The lowest BCUT2D eigenvalue weighted by molar-refractivity contribution is 0.117. The fourth-order valence-corrected chi connectivity index (χ4v) is 1.32. The van der Waals surface area contributed by atoms with E-state index in [0.29, 0.717) is 6.54 Å². The van der Waals surface area contributed by atoms with E-state index in [2.05, 4.69) is 11.8 Å². The summed E-state index contributed by atoms with van der Waals surface area (Å²) in [5.41, 5.74) is 5.32. The van der Waals surface area contributed by atoms with Crippen LogP contribution in [0.25, 0.3) is 0 Å². The fourth-order valence-electron chi connectivity index (χ4n) is 1.32. The van der Waals surface area contributed by atoms with E-state index < -0.39 is 0 Å². The number of nitrogens with two attached hydrogens (primary N) is 1. The molecule has 1 atom stereocenters. The molecule has 0 aromatic heterocycles. The molecule has 0 aromatic carbocycles. The van der Waals surface area contributed by atoms with Crippen LogP contribution in [0.5, 0.6) is 0 Å². The van der Waals surface area contributed by atoms with Gasteiger partial charge in [0.05, 0.1) is 6.10 Å².